The van der Waals surface area contributed by atoms with E-state index in [0.717, 1.165) is 6.07 Å². The van der Waals surface area contributed by atoms with Gasteiger partial charge in [-0.1, -0.05) is 0 Å². The van der Waals surface area contributed by atoms with E-state index in [9.17, 15) is 9.18 Å². The second kappa shape index (κ2) is 4.09. The van der Waals surface area contributed by atoms with Gasteiger partial charge in [0.05, 0.1) is 14.2 Å². The van der Waals surface area contributed by atoms with Crippen LogP contribution >= 0.6 is 0 Å². The number of carbonyl (C=O) groups is 1. The third-order valence-electron chi connectivity index (χ3n) is 2.01. The molecule has 0 bridgehead atoms. The van der Waals surface area contributed by atoms with E-state index in [4.69, 9.17) is 9.47 Å². The maximum absolute atomic E-state index is 13.3. The number of benzene rings is 1. The van der Waals surface area contributed by atoms with Gasteiger partial charge in [-0.3, -0.25) is 4.79 Å². The number of carbonyl (C=O) groups excluding carboxylic acids is 1. The molecule has 76 valence electrons. The van der Waals surface area contributed by atoms with E-state index in [1.54, 1.807) is 6.92 Å². The van der Waals surface area contributed by atoms with Gasteiger partial charge >= 0.3 is 0 Å². The zero-order chi connectivity index (χ0) is 10.7. The van der Waals surface area contributed by atoms with Gasteiger partial charge < -0.3 is 9.47 Å². The molecule has 0 aliphatic rings. The summed E-state index contributed by atoms with van der Waals surface area (Å²) in [7, 11) is 2.75. The second-order valence-electron chi connectivity index (χ2n) is 2.76. The molecule has 0 aromatic heterocycles. The minimum absolute atomic E-state index is 0.0237. The van der Waals surface area contributed by atoms with Crippen LogP contribution in [0.5, 0.6) is 11.5 Å². The van der Waals surface area contributed by atoms with Crippen molar-refractivity contribution >= 4 is 6.29 Å². The van der Waals surface area contributed by atoms with Gasteiger partial charge in [0.15, 0.2) is 23.6 Å². The first-order valence-corrected chi connectivity index (χ1v) is 4.02. The summed E-state index contributed by atoms with van der Waals surface area (Å²) in [6, 6.07) is 1.13. The summed E-state index contributed by atoms with van der Waals surface area (Å²) in [5.74, 6) is -0.317. The number of hydrogen-bond donors (Lipinski definition) is 0. The zero-order valence-electron chi connectivity index (χ0n) is 8.26. The predicted molar refractivity (Wildman–Crippen MR) is 49.6 cm³/mol. The number of methoxy groups -OCH3 is 2. The van der Waals surface area contributed by atoms with Crippen molar-refractivity contribution in [2.24, 2.45) is 0 Å². The largest absolute Gasteiger partial charge is 0.492 e. The summed E-state index contributed by atoms with van der Waals surface area (Å²) in [4.78, 5) is 10.6. The van der Waals surface area contributed by atoms with Crippen molar-refractivity contribution in [3.8, 4) is 11.5 Å². The fraction of sp³-hybridized carbons (Fsp3) is 0.300. The van der Waals surface area contributed by atoms with Crippen LogP contribution in [0.3, 0.4) is 0 Å². The van der Waals surface area contributed by atoms with Crippen LogP contribution in [0.15, 0.2) is 6.07 Å². The Kier molecular flexibility index (Phi) is 3.06. The average molecular weight is 198 g/mol. The Morgan fingerprint density at radius 3 is 2.29 bits per heavy atom. The van der Waals surface area contributed by atoms with Crippen LogP contribution < -0.4 is 9.47 Å². The summed E-state index contributed by atoms with van der Waals surface area (Å²) in [6.45, 7) is 1.67. The van der Waals surface area contributed by atoms with Gasteiger partial charge in [0.25, 0.3) is 0 Å². The van der Waals surface area contributed by atoms with Crippen LogP contribution in [0.25, 0.3) is 0 Å². The van der Waals surface area contributed by atoms with Gasteiger partial charge in [-0.2, -0.15) is 0 Å². The molecule has 0 unspecified atom stereocenters. The molecule has 3 nitrogen and oxygen atoms in total. The third kappa shape index (κ3) is 1.55. The zero-order valence-corrected chi connectivity index (χ0v) is 8.26. The van der Waals surface area contributed by atoms with Crippen molar-refractivity contribution in [1.82, 2.24) is 0 Å². The maximum Gasteiger partial charge on any atom is 0.197 e. The van der Waals surface area contributed by atoms with Crippen LogP contribution in [0, 0.1) is 12.7 Å². The van der Waals surface area contributed by atoms with Crippen LogP contribution in [0.1, 0.15) is 15.9 Å². The lowest BCUT2D eigenvalue weighted by Crippen LogP contribution is -1.99. The SMILES string of the molecule is COc1c(F)cc(C=O)c(C)c1OC. The molecular weight excluding hydrogens is 187 g/mol. The fourth-order valence-electron chi connectivity index (χ4n) is 1.28. The standard InChI is InChI=1S/C10H11FO3/c1-6-7(5-12)4-8(11)10(14-3)9(6)13-2/h4-5H,1-3H3. The Morgan fingerprint density at radius 2 is 1.86 bits per heavy atom. The molecule has 1 aromatic rings. The molecule has 0 fully saturated rings. The highest BCUT2D eigenvalue weighted by Crippen LogP contribution is 2.34. The van der Waals surface area contributed by atoms with E-state index >= 15 is 0 Å². The molecule has 0 spiro atoms. The van der Waals surface area contributed by atoms with E-state index in [-0.39, 0.29) is 17.1 Å². The first kappa shape index (κ1) is 10.5. The number of halogens is 1. The molecule has 0 aliphatic heterocycles. The quantitative estimate of drug-likeness (QED) is 0.696. The summed E-state index contributed by atoms with van der Waals surface area (Å²) >= 11 is 0. The number of hydrogen-bond acceptors (Lipinski definition) is 3. The second-order valence-corrected chi connectivity index (χ2v) is 2.76. The topological polar surface area (TPSA) is 35.5 Å². The summed E-state index contributed by atoms with van der Waals surface area (Å²) in [6.07, 6.45) is 0.584. The maximum atomic E-state index is 13.3. The van der Waals surface area contributed by atoms with Crippen molar-refractivity contribution in [2.75, 3.05) is 14.2 Å². The molecule has 4 heteroatoms. The van der Waals surface area contributed by atoms with Crippen molar-refractivity contribution < 1.29 is 18.7 Å². The van der Waals surface area contributed by atoms with Gasteiger partial charge in [0.1, 0.15) is 0 Å². The number of rotatable bonds is 3. The molecule has 0 radical (unpaired) electrons. The highest BCUT2D eigenvalue weighted by atomic mass is 19.1. The van der Waals surface area contributed by atoms with Crippen molar-refractivity contribution in [1.29, 1.82) is 0 Å². The molecule has 14 heavy (non-hydrogen) atoms. The van der Waals surface area contributed by atoms with Crippen LogP contribution in [-0.4, -0.2) is 20.5 Å². The Balaban J connectivity index is 3.47. The van der Waals surface area contributed by atoms with Crippen LogP contribution in [-0.2, 0) is 0 Å². The Labute approximate surface area is 81.4 Å². The Morgan fingerprint density at radius 1 is 1.29 bits per heavy atom. The van der Waals surface area contributed by atoms with Gasteiger partial charge in [0, 0.05) is 11.1 Å². The molecular formula is C10H11FO3. The molecule has 0 N–H and O–H groups in total. The summed E-state index contributed by atoms with van der Waals surface area (Å²) in [5, 5.41) is 0. The van der Waals surface area contributed by atoms with Gasteiger partial charge in [-0.25, -0.2) is 4.39 Å². The normalized spacial score (nSPS) is 9.71. The highest BCUT2D eigenvalue weighted by Gasteiger charge is 2.16. The van der Waals surface area contributed by atoms with E-state index in [1.165, 1.54) is 14.2 Å². The molecule has 0 atom stereocenters. The molecule has 0 heterocycles. The highest BCUT2D eigenvalue weighted by molar-refractivity contribution is 5.79. The molecule has 1 aromatic carbocycles. The van der Waals surface area contributed by atoms with Gasteiger partial charge in [-0.15, -0.1) is 0 Å². The summed E-state index contributed by atoms with van der Waals surface area (Å²) < 4.78 is 23.1. The Hall–Kier alpha value is -1.58. The first-order valence-electron chi connectivity index (χ1n) is 4.02. The van der Waals surface area contributed by atoms with Gasteiger partial charge in [0.2, 0.25) is 0 Å². The van der Waals surface area contributed by atoms with E-state index in [0.29, 0.717) is 11.8 Å². The minimum atomic E-state index is -0.600. The first-order chi connectivity index (χ1) is 6.65. The third-order valence-corrected chi connectivity index (χ3v) is 2.01. The van der Waals surface area contributed by atoms with Gasteiger partial charge in [-0.05, 0) is 13.0 Å². The predicted octanol–water partition coefficient (Wildman–Crippen LogP) is 1.96. The molecule has 0 saturated heterocycles. The number of ether oxygens (including phenoxy) is 2. The van der Waals surface area contributed by atoms with Crippen LogP contribution in [0.2, 0.25) is 0 Å². The van der Waals surface area contributed by atoms with Crippen molar-refractivity contribution in [2.45, 2.75) is 6.92 Å². The smallest absolute Gasteiger partial charge is 0.197 e. The average Bonchev–Trinajstić information content (AvgIpc) is 2.20. The molecule has 1 rings (SSSR count). The van der Waals surface area contributed by atoms with Crippen LogP contribution in [0.4, 0.5) is 4.39 Å². The van der Waals surface area contributed by atoms with E-state index < -0.39 is 5.82 Å². The van der Waals surface area contributed by atoms with E-state index in [2.05, 4.69) is 0 Å². The van der Waals surface area contributed by atoms with Crippen molar-refractivity contribution in [3.63, 3.8) is 0 Å². The molecule has 0 amide bonds. The lowest BCUT2D eigenvalue weighted by atomic mass is 10.1. The summed E-state index contributed by atoms with van der Waals surface area (Å²) in [5.41, 5.74) is 0.834. The lowest BCUT2D eigenvalue weighted by Gasteiger charge is -2.12. The molecule has 0 saturated carbocycles. The minimum Gasteiger partial charge on any atom is -0.492 e. The van der Waals surface area contributed by atoms with Crippen molar-refractivity contribution in [3.05, 3.63) is 23.0 Å². The fourth-order valence-corrected chi connectivity index (χ4v) is 1.28. The van der Waals surface area contributed by atoms with E-state index in [1.807, 2.05) is 0 Å². The monoisotopic (exact) mass is 198 g/mol. The number of aldehydes is 1. The lowest BCUT2D eigenvalue weighted by molar-refractivity contribution is 0.112. The molecule has 0 aliphatic carbocycles. The Bertz CT molecular complexity index is 361.